The molecule has 21 heavy (non-hydrogen) atoms. The minimum atomic E-state index is -0.410. The van der Waals surface area contributed by atoms with Crippen LogP contribution < -0.4 is 9.47 Å². The van der Waals surface area contributed by atoms with E-state index in [1.807, 2.05) is 0 Å². The molecule has 2 rings (SSSR count). The molecule has 0 amide bonds. The Hall–Kier alpha value is -1.88. The summed E-state index contributed by atoms with van der Waals surface area (Å²) in [5, 5.41) is 0. The molecule has 3 nitrogen and oxygen atoms in total. The molecule has 0 unspecified atom stereocenters. The predicted octanol–water partition coefficient (Wildman–Crippen LogP) is 4.03. The average Bonchev–Trinajstić information content (AvgIpc) is 2.49. The van der Waals surface area contributed by atoms with E-state index in [0.717, 1.165) is 0 Å². The molecule has 0 atom stereocenters. The molecule has 0 radical (unpaired) electrons. The van der Waals surface area contributed by atoms with Crippen LogP contribution in [-0.2, 0) is 6.42 Å². The van der Waals surface area contributed by atoms with Crippen molar-refractivity contribution in [2.45, 2.75) is 6.42 Å². The van der Waals surface area contributed by atoms with E-state index in [1.165, 1.54) is 20.3 Å². The summed E-state index contributed by atoms with van der Waals surface area (Å²) in [5.41, 5.74) is 0.776. The van der Waals surface area contributed by atoms with Crippen molar-refractivity contribution < 1.29 is 18.7 Å². The summed E-state index contributed by atoms with van der Waals surface area (Å²) in [7, 11) is 3.02. The molecule has 0 N–H and O–H groups in total. The molecule has 110 valence electrons. The lowest BCUT2D eigenvalue weighted by Crippen LogP contribution is -2.06. The molecule has 0 aliphatic rings. The van der Waals surface area contributed by atoms with Crippen molar-refractivity contribution >= 4 is 21.7 Å². The van der Waals surface area contributed by atoms with Gasteiger partial charge >= 0.3 is 0 Å². The Morgan fingerprint density at radius 3 is 2.24 bits per heavy atom. The highest BCUT2D eigenvalue weighted by molar-refractivity contribution is 9.10. The van der Waals surface area contributed by atoms with E-state index in [4.69, 9.17) is 9.47 Å². The van der Waals surface area contributed by atoms with Crippen molar-refractivity contribution in [3.63, 3.8) is 0 Å². The molecular formula is C16H14BrFO3. The van der Waals surface area contributed by atoms with Gasteiger partial charge in [-0.05, 0) is 29.8 Å². The molecule has 2 aromatic rings. The first kappa shape index (κ1) is 15.5. The number of carbonyl (C=O) groups is 1. The van der Waals surface area contributed by atoms with E-state index in [-0.39, 0.29) is 12.2 Å². The zero-order valence-electron chi connectivity index (χ0n) is 11.7. The Kier molecular flexibility index (Phi) is 4.96. The summed E-state index contributed by atoms with van der Waals surface area (Å²) in [6.07, 6.45) is -0.0184. The lowest BCUT2D eigenvalue weighted by molar-refractivity contribution is 0.0991. The van der Waals surface area contributed by atoms with Crippen molar-refractivity contribution in [1.29, 1.82) is 0 Å². The highest BCUT2D eigenvalue weighted by atomic mass is 79.9. The zero-order chi connectivity index (χ0) is 15.4. The standard InChI is InChI=1S/C16H14BrFO3/c1-20-13-5-11(6-14(9-13)21-2)16(19)7-10-3-4-12(17)8-15(10)18/h3-6,8-9H,7H2,1-2H3. The van der Waals surface area contributed by atoms with Gasteiger partial charge in [-0.3, -0.25) is 4.79 Å². The number of halogens is 2. The maximum absolute atomic E-state index is 13.8. The van der Waals surface area contributed by atoms with Gasteiger partial charge in [0.25, 0.3) is 0 Å². The third kappa shape index (κ3) is 3.82. The highest BCUT2D eigenvalue weighted by Crippen LogP contribution is 2.24. The Morgan fingerprint density at radius 1 is 1.10 bits per heavy atom. The molecule has 0 fully saturated rings. The van der Waals surface area contributed by atoms with Gasteiger partial charge in [-0.25, -0.2) is 4.39 Å². The normalized spacial score (nSPS) is 10.3. The maximum atomic E-state index is 13.8. The summed E-state index contributed by atoms with van der Waals surface area (Å²) in [6, 6.07) is 9.54. The lowest BCUT2D eigenvalue weighted by Gasteiger charge is -2.08. The van der Waals surface area contributed by atoms with Gasteiger partial charge in [0.05, 0.1) is 14.2 Å². The van der Waals surface area contributed by atoms with Gasteiger partial charge < -0.3 is 9.47 Å². The predicted molar refractivity (Wildman–Crippen MR) is 81.7 cm³/mol. The lowest BCUT2D eigenvalue weighted by atomic mass is 10.0. The van der Waals surface area contributed by atoms with Crippen LogP contribution in [0.2, 0.25) is 0 Å². The molecule has 0 spiro atoms. The first-order valence-electron chi connectivity index (χ1n) is 6.23. The summed E-state index contributed by atoms with van der Waals surface area (Å²) < 4.78 is 24.7. The molecule has 0 aliphatic heterocycles. The molecular weight excluding hydrogens is 339 g/mol. The quantitative estimate of drug-likeness (QED) is 0.762. The van der Waals surface area contributed by atoms with Crippen LogP contribution in [0.1, 0.15) is 15.9 Å². The highest BCUT2D eigenvalue weighted by Gasteiger charge is 2.13. The number of Topliss-reactive ketones (excluding diaryl/α,β-unsaturated/α-hetero) is 1. The van der Waals surface area contributed by atoms with Crippen LogP contribution in [0.4, 0.5) is 4.39 Å². The SMILES string of the molecule is COc1cc(OC)cc(C(=O)Cc2ccc(Br)cc2F)c1. The second kappa shape index (κ2) is 6.72. The number of hydrogen-bond acceptors (Lipinski definition) is 3. The van der Waals surface area contributed by atoms with E-state index in [9.17, 15) is 9.18 Å². The Morgan fingerprint density at radius 2 is 1.71 bits per heavy atom. The van der Waals surface area contributed by atoms with Crippen LogP contribution in [0.15, 0.2) is 40.9 Å². The summed E-state index contributed by atoms with van der Waals surface area (Å²) >= 11 is 3.19. The molecule has 2 aromatic carbocycles. The fraction of sp³-hybridized carbons (Fsp3) is 0.188. The van der Waals surface area contributed by atoms with Crippen molar-refractivity contribution in [2.24, 2.45) is 0 Å². The van der Waals surface area contributed by atoms with Crippen LogP contribution in [0.3, 0.4) is 0 Å². The van der Waals surface area contributed by atoms with Crippen molar-refractivity contribution in [1.82, 2.24) is 0 Å². The van der Waals surface area contributed by atoms with Crippen LogP contribution in [0.5, 0.6) is 11.5 Å². The monoisotopic (exact) mass is 352 g/mol. The summed E-state index contributed by atoms with van der Waals surface area (Å²) in [4.78, 5) is 12.3. The van der Waals surface area contributed by atoms with E-state index >= 15 is 0 Å². The molecule has 0 saturated carbocycles. The Bertz CT molecular complexity index is 648. The minimum absolute atomic E-state index is 0.0184. The Labute approximate surface area is 130 Å². The van der Waals surface area contributed by atoms with Gasteiger partial charge in [-0.2, -0.15) is 0 Å². The van der Waals surface area contributed by atoms with Gasteiger partial charge in [-0.15, -0.1) is 0 Å². The largest absolute Gasteiger partial charge is 0.497 e. The smallest absolute Gasteiger partial charge is 0.167 e. The van der Waals surface area contributed by atoms with Crippen LogP contribution in [0.25, 0.3) is 0 Å². The zero-order valence-corrected chi connectivity index (χ0v) is 13.2. The van der Waals surface area contributed by atoms with Crippen molar-refractivity contribution in [3.05, 3.63) is 57.8 Å². The molecule has 0 bridgehead atoms. The first-order valence-corrected chi connectivity index (χ1v) is 7.03. The second-order valence-electron chi connectivity index (χ2n) is 4.44. The number of hydrogen-bond donors (Lipinski definition) is 0. The second-order valence-corrected chi connectivity index (χ2v) is 5.35. The number of methoxy groups -OCH3 is 2. The van der Waals surface area contributed by atoms with Gasteiger partial charge in [-0.1, -0.05) is 22.0 Å². The average molecular weight is 353 g/mol. The number of carbonyl (C=O) groups excluding carboxylic acids is 1. The first-order chi connectivity index (χ1) is 10.0. The van der Waals surface area contributed by atoms with Crippen LogP contribution in [-0.4, -0.2) is 20.0 Å². The fourth-order valence-electron chi connectivity index (χ4n) is 1.91. The third-order valence-corrected chi connectivity index (χ3v) is 3.53. The topological polar surface area (TPSA) is 35.5 Å². The van der Waals surface area contributed by atoms with E-state index in [2.05, 4.69) is 15.9 Å². The maximum Gasteiger partial charge on any atom is 0.167 e. The van der Waals surface area contributed by atoms with Crippen LogP contribution in [0, 0.1) is 5.82 Å². The van der Waals surface area contributed by atoms with Gasteiger partial charge in [0, 0.05) is 22.5 Å². The van der Waals surface area contributed by atoms with Crippen LogP contribution >= 0.6 is 15.9 Å². The van der Waals surface area contributed by atoms with E-state index in [0.29, 0.717) is 27.1 Å². The molecule has 0 heterocycles. The van der Waals surface area contributed by atoms with E-state index < -0.39 is 5.82 Å². The number of ether oxygens (including phenoxy) is 2. The molecule has 0 aromatic heterocycles. The van der Waals surface area contributed by atoms with E-state index in [1.54, 1.807) is 30.3 Å². The number of rotatable bonds is 5. The molecule has 0 saturated heterocycles. The minimum Gasteiger partial charge on any atom is -0.497 e. The van der Waals surface area contributed by atoms with Gasteiger partial charge in [0.15, 0.2) is 5.78 Å². The number of ketones is 1. The van der Waals surface area contributed by atoms with Gasteiger partial charge in [0.1, 0.15) is 17.3 Å². The third-order valence-electron chi connectivity index (χ3n) is 3.04. The summed E-state index contributed by atoms with van der Waals surface area (Å²) in [5.74, 6) is 0.434. The molecule has 5 heteroatoms. The van der Waals surface area contributed by atoms with Crippen molar-refractivity contribution in [2.75, 3.05) is 14.2 Å². The van der Waals surface area contributed by atoms with Gasteiger partial charge in [0.2, 0.25) is 0 Å². The fourth-order valence-corrected chi connectivity index (χ4v) is 2.24. The van der Waals surface area contributed by atoms with Crippen molar-refractivity contribution in [3.8, 4) is 11.5 Å². The summed E-state index contributed by atoms with van der Waals surface area (Å²) in [6.45, 7) is 0. The Balaban J connectivity index is 2.27. The number of benzene rings is 2. The molecule has 0 aliphatic carbocycles.